The van der Waals surface area contributed by atoms with Crippen LogP contribution in [0.1, 0.15) is 0 Å². The number of carbonyl (C=O) groups excluding carboxylic acids is 1. The van der Waals surface area contributed by atoms with E-state index in [0.29, 0.717) is 0 Å². The molecule has 0 aliphatic carbocycles. The second-order valence-electron chi connectivity index (χ2n) is 2.11. The lowest BCUT2D eigenvalue weighted by Crippen LogP contribution is -2.28. The Morgan fingerprint density at radius 2 is 1.83 bits per heavy atom. The molecule has 0 atom stereocenters. The highest BCUT2D eigenvalue weighted by molar-refractivity contribution is 6.76. The minimum absolute atomic E-state index is 0.288. The van der Waals surface area contributed by atoms with E-state index in [9.17, 15) is 4.79 Å². The number of hydrogen-bond acceptors (Lipinski definition) is 4. The van der Waals surface area contributed by atoms with Crippen LogP contribution in [0.4, 0.5) is 4.79 Å². The summed E-state index contributed by atoms with van der Waals surface area (Å²) in [6.07, 6.45) is 0. The van der Waals surface area contributed by atoms with Crippen molar-refractivity contribution in [2.75, 3.05) is 0 Å². The van der Waals surface area contributed by atoms with Crippen molar-refractivity contribution in [3.05, 3.63) is 30.3 Å². The first kappa shape index (κ1) is 8.77. The zero-order valence-electron chi connectivity index (χ0n) is 6.18. The van der Waals surface area contributed by atoms with Crippen LogP contribution in [0.15, 0.2) is 30.3 Å². The summed E-state index contributed by atoms with van der Waals surface area (Å²) in [5.41, 5.74) is 0. The Balaban J connectivity index is 2.59. The molecule has 0 unspecified atom stereocenters. The molecule has 5 heteroatoms. The van der Waals surface area contributed by atoms with Crippen LogP contribution in [0.25, 0.3) is 0 Å². The topological polar surface area (TPSA) is 66.8 Å². The van der Waals surface area contributed by atoms with Crippen molar-refractivity contribution >= 4 is 13.0 Å². The number of ether oxygens (including phenoxy) is 1. The van der Waals surface area contributed by atoms with Gasteiger partial charge in [0.1, 0.15) is 5.75 Å². The normalized spacial score (nSPS) is 9.17. The maximum Gasteiger partial charge on any atom is 0.579 e. The van der Waals surface area contributed by atoms with Crippen LogP contribution in [0, 0.1) is 0 Å². The molecule has 0 fully saturated rings. The molecule has 0 bridgehead atoms. The third kappa shape index (κ3) is 2.37. The van der Waals surface area contributed by atoms with Gasteiger partial charge in [0.2, 0.25) is 0 Å². The second kappa shape index (κ2) is 3.89. The first-order chi connectivity index (χ1) is 5.70. The van der Waals surface area contributed by atoms with Crippen molar-refractivity contribution in [1.82, 2.24) is 0 Å². The van der Waals surface area contributed by atoms with Gasteiger partial charge < -0.3 is 14.8 Å². The molecule has 0 saturated carbocycles. The van der Waals surface area contributed by atoms with Crippen LogP contribution >= 0.6 is 0 Å². The summed E-state index contributed by atoms with van der Waals surface area (Å²) in [5, 5.41) is 16.7. The molecule has 0 amide bonds. The molecule has 0 aliphatic heterocycles. The summed E-state index contributed by atoms with van der Waals surface area (Å²) >= 11 is 0. The molecule has 0 radical (unpaired) electrons. The summed E-state index contributed by atoms with van der Waals surface area (Å²) in [6.45, 7) is 0. The molecule has 0 heterocycles. The standard InChI is InChI=1S/C7H7BO4/c9-7(8(10)11)12-6-4-2-1-3-5-6/h1-5,10-11H. The highest BCUT2D eigenvalue weighted by atomic mass is 16.6. The second-order valence-corrected chi connectivity index (χ2v) is 2.11. The molecule has 0 spiro atoms. The molecule has 4 nitrogen and oxygen atoms in total. The highest BCUT2D eigenvalue weighted by Crippen LogP contribution is 2.08. The van der Waals surface area contributed by atoms with Crippen LogP contribution < -0.4 is 4.74 Å². The van der Waals surface area contributed by atoms with E-state index in [2.05, 4.69) is 4.74 Å². The Morgan fingerprint density at radius 3 is 2.33 bits per heavy atom. The lowest BCUT2D eigenvalue weighted by molar-refractivity contribution is 0.212. The van der Waals surface area contributed by atoms with E-state index in [1.54, 1.807) is 30.3 Å². The van der Waals surface area contributed by atoms with E-state index in [4.69, 9.17) is 10.0 Å². The van der Waals surface area contributed by atoms with Gasteiger partial charge in [-0.3, -0.25) is 4.79 Å². The van der Waals surface area contributed by atoms with Gasteiger partial charge in [0.05, 0.1) is 0 Å². The smallest absolute Gasteiger partial charge is 0.430 e. The molecule has 2 N–H and O–H groups in total. The quantitative estimate of drug-likeness (QED) is 0.617. The Labute approximate surface area is 69.6 Å². The third-order valence-corrected chi connectivity index (χ3v) is 1.17. The van der Waals surface area contributed by atoms with Gasteiger partial charge in [0, 0.05) is 0 Å². The van der Waals surface area contributed by atoms with Gasteiger partial charge in [-0.1, -0.05) is 18.2 Å². The Kier molecular flexibility index (Phi) is 2.84. The fourth-order valence-electron chi connectivity index (χ4n) is 0.657. The first-order valence-electron chi connectivity index (χ1n) is 3.33. The van der Waals surface area contributed by atoms with E-state index < -0.39 is 13.0 Å². The van der Waals surface area contributed by atoms with Gasteiger partial charge in [0.15, 0.2) is 0 Å². The summed E-state index contributed by atoms with van der Waals surface area (Å²) < 4.78 is 4.54. The van der Waals surface area contributed by atoms with Crippen LogP contribution in [-0.4, -0.2) is 23.0 Å². The molecule has 1 aromatic rings. The maximum absolute atomic E-state index is 10.6. The highest BCUT2D eigenvalue weighted by Gasteiger charge is 2.21. The zero-order chi connectivity index (χ0) is 8.97. The van der Waals surface area contributed by atoms with Crippen molar-refractivity contribution in [2.24, 2.45) is 0 Å². The number of rotatable bonds is 2. The van der Waals surface area contributed by atoms with Gasteiger partial charge in [-0.15, -0.1) is 0 Å². The molecule has 0 saturated heterocycles. The molecule has 1 rings (SSSR count). The number of benzene rings is 1. The minimum atomic E-state index is -2.08. The summed E-state index contributed by atoms with van der Waals surface area (Å²) in [6, 6.07) is 8.19. The van der Waals surface area contributed by atoms with Crippen molar-refractivity contribution in [1.29, 1.82) is 0 Å². The van der Waals surface area contributed by atoms with Crippen molar-refractivity contribution in [3.8, 4) is 5.75 Å². The van der Waals surface area contributed by atoms with Crippen molar-refractivity contribution in [2.45, 2.75) is 0 Å². The first-order valence-corrected chi connectivity index (χ1v) is 3.33. The van der Waals surface area contributed by atoms with Crippen LogP contribution in [0.3, 0.4) is 0 Å². The van der Waals surface area contributed by atoms with E-state index in [-0.39, 0.29) is 5.75 Å². The summed E-state index contributed by atoms with van der Waals surface area (Å²) in [5.74, 6) is -0.795. The largest absolute Gasteiger partial charge is 0.579 e. The van der Waals surface area contributed by atoms with E-state index in [0.717, 1.165) is 0 Å². The molecule has 12 heavy (non-hydrogen) atoms. The van der Waals surface area contributed by atoms with Crippen LogP contribution in [0.5, 0.6) is 5.75 Å². The fourth-order valence-corrected chi connectivity index (χ4v) is 0.657. The molecule has 1 aromatic carbocycles. The average molecular weight is 166 g/mol. The van der Waals surface area contributed by atoms with Gasteiger partial charge in [-0.05, 0) is 12.1 Å². The average Bonchev–Trinajstić information content (AvgIpc) is 2.06. The van der Waals surface area contributed by atoms with E-state index >= 15 is 0 Å². The maximum atomic E-state index is 10.6. The Bertz CT molecular complexity index is 259. The number of hydrogen-bond donors (Lipinski definition) is 2. The fraction of sp³-hybridized carbons (Fsp3) is 0. The molecular formula is C7H7BO4. The van der Waals surface area contributed by atoms with Gasteiger partial charge in [-0.2, -0.15) is 0 Å². The lowest BCUT2D eigenvalue weighted by Gasteiger charge is -2.01. The SMILES string of the molecule is O=C(Oc1ccccc1)B(O)O. The Hall–Kier alpha value is -1.33. The summed E-state index contributed by atoms with van der Waals surface area (Å²) in [7, 11) is -2.08. The van der Waals surface area contributed by atoms with Gasteiger partial charge in [-0.25, -0.2) is 0 Å². The van der Waals surface area contributed by atoms with E-state index in [1.165, 1.54) is 0 Å². The molecule has 0 aliphatic rings. The predicted octanol–water partition coefficient (Wildman–Crippen LogP) is 0.240. The van der Waals surface area contributed by atoms with Crippen LogP contribution in [-0.2, 0) is 0 Å². The van der Waals surface area contributed by atoms with Gasteiger partial charge >= 0.3 is 13.0 Å². The van der Waals surface area contributed by atoms with Crippen LogP contribution in [0.2, 0.25) is 0 Å². The Morgan fingerprint density at radius 1 is 1.25 bits per heavy atom. The molecular weight excluding hydrogens is 159 g/mol. The monoisotopic (exact) mass is 166 g/mol. The summed E-state index contributed by atoms with van der Waals surface area (Å²) in [4.78, 5) is 10.6. The number of carbonyl (C=O) groups is 1. The predicted molar refractivity (Wildman–Crippen MR) is 42.7 cm³/mol. The minimum Gasteiger partial charge on any atom is -0.430 e. The van der Waals surface area contributed by atoms with Crippen molar-refractivity contribution in [3.63, 3.8) is 0 Å². The van der Waals surface area contributed by atoms with Crippen molar-refractivity contribution < 1.29 is 19.6 Å². The van der Waals surface area contributed by atoms with E-state index in [1.807, 2.05) is 0 Å². The zero-order valence-corrected chi connectivity index (χ0v) is 6.18. The van der Waals surface area contributed by atoms with Gasteiger partial charge in [0.25, 0.3) is 0 Å². The number of para-hydroxylation sites is 1. The molecule has 62 valence electrons. The lowest BCUT2D eigenvalue weighted by atomic mass is 9.93. The third-order valence-electron chi connectivity index (χ3n) is 1.17. The molecule has 0 aromatic heterocycles.